The van der Waals surface area contributed by atoms with E-state index in [-0.39, 0.29) is 35.4 Å². The zero-order valence-electron chi connectivity index (χ0n) is 41.8. The quantitative estimate of drug-likeness (QED) is 0.132. The molecule has 1 nitrogen and oxygen atoms in total. The smallest absolute Gasteiger partial charge is 0.0645 e. The van der Waals surface area contributed by atoms with Crippen LogP contribution in [0.1, 0.15) is 5.48 Å². The number of nitrogens with zero attached hydrogens (tertiary/aromatic N) is 1. The van der Waals surface area contributed by atoms with E-state index >= 15 is 0 Å². The molecule has 0 heterocycles. The average molecular weight is 882 g/mol. The van der Waals surface area contributed by atoms with Crippen molar-refractivity contribution in [3.8, 4) is 77.9 Å². The minimum absolute atomic E-state index is 0.109. The van der Waals surface area contributed by atoms with Gasteiger partial charge in [0.05, 0.1) is 5.48 Å². The van der Waals surface area contributed by atoms with E-state index in [0.29, 0.717) is 16.9 Å². The molecule has 0 aliphatic rings. The predicted molar refractivity (Wildman–Crippen MR) is 294 cm³/mol. The Morgan fingerprint density at radius 3 is 1.22 bits per heavy atom. The van der Waals surface area contributed by atoms with Gasteiger partial charge >= 0.3 is 0 Å². The Hall–Kier alpha value is -9.04. The van der Waals surface area contributed by atoms with Crippen LogP contribution >= 0.6 is 0 Å². The SMILES string of the molecule is [2H]c1c([2H])c(N(c2ccc(-c3cc(-c4ccccc4)cc(-c4ccccc4)c3)cc2)c2ccc(-c3ccc4ccccc4c3-c3ccccc3)cc2)c([2H])c([2H])c1-c1ccc(-c2cccc3ccccc23)cc1. The Bertz CT molecular complexity index is 3880. The fourth-order valence-electron chi connectivity index (χ4n) is 9.67. The van der Waals surface area contributed by atoms with Gasteiger partial charge < -0.3 is 4.90 Å². The van der Waals surface area contributed by atoms with E-state index in [9.17, 15) is 5.48 Å². The first-order chi connectivity index (χ1) is 35.9. The molecule has 0 aromatic heterocycles. The molecule has 0 bridgehead atoms. The number of anilines is 3. The van der Waals surface area contributed by atoms with Crippen LogP contribution in [0.4, 0.5) is 17.1 Å². The van der Waals surface area contributed by atoms with Gasteiger partial charge in [0, 0.05) is 17.1 Å². The van der Waals surface area contributed by atoms with Crippen LogP contribution in [0, 0.1) is 0 Å². The Morgan fingerprint density at radius 2 is 0.638 bits per heavy atom. The fourth-order valence-corrected chi connectivity index (χ4v) is 9.67. The lowest BCUT2D eigenvalue weighted by Crippen LogP contribution is -2.09. The summed E-state index contributed by atoms with van der Waals surface area (Å²) in [6, 6.07) is 89.1. The largest absolute Gasteiger partial charge is 0.311 e. The highest BCUT2D eigenvalue weighted by Crippen LogP contribution is 2.42. The fraction of sp³-hybridized carbons (Fsp3) is 0. The third kappa shape index (κ3) is 8.28. The maximum Gasteiger partial charge on any atom is 0.0645 e. The molecule has 12 rings (SSSR count). The second kappa shape index (κ2) is 18.3. The van der Waals surface area contributed by atoms with Crippen LogP contribution in [-0.2, 0) is 0 Å². The van der Waals surface area contributed by atoms with Crippen molar-refractivity contribution in [2.75, 3.05) is 4.90 Å². The maximum atomic E-state index is 9.75. The number of rotatable bonds is 10. The van der Waals surface area contributed by atoms with Crippen LogP contribution in [0.15, 0.2) is 285 Å². The topological polar surface area (TPSA) is 3.24 Å². The Labute approximate surface area is 410 Å². The second-order valence-corrected chi connectivity index (χ2v) is 17.4. The van der Waals surface area contributed by atoms with Crippen molar-refractivity contribution < 1.29 is 5.48 Å². The first-order valence-corrected chi connectivity index (χ1v) is 23.4. The van der Waals surface area contributed by atoms with Gasteiger partial charge in [-0.3, -0.25) is 0 Å². The molecule has 12 aromatic carbocycles. The van der Waals surface area contributed by atoms with Gasteiger partial charge in [0.15, 0.2) is 0 Å². The van der Waals surface area contributed by atoms with Crippen LogP contribution < -0.4 is 4.90 Å². The summed E-state index contributed by atoms with van der Waals surface area (Å²) in [6.45, 7) is 0. The number of fused-ring (bicyclic) bond motifs is 2. The molecule has 0 spiro atoms. The molecule has 69 heavy (non-hydrogen) atoms. The Morgan fingerprint density at radius 1 is 0.232 bits per heavy atom. The zero-order valence-corrected chi connectivity index (χ0v) is 37.8. The summed E-state index contributed by atoms with van der Waals surface area (Å²) in [7, 11) is 0. The van der Waals surface area contributed by atoms with Gasteiger partial charge in [0.1, 0.15) is 0 Å². The van der Waals surface area contributed by atoms with Gasteiger partial charge in [-0.1, -0.05) is 230 Å². The molecule has 0 atom stereocenters. The minimum Gasteiger partial charge on any atom is -0.311 e. The number of hydrogen-bond donors (Lipinski definition) is 0. The monoisotopic (exact) mass is 881 g/mol. The van der Waals surface area contributed by atoms with Gasteiger partial charge in [-0.05, 0) is 154 Å². The maximum absolute atomic E-state index is 9.75. The molecule has 0 aliphatic carbocycles. The van der Waals surface area contributed by atoms with Gasteiger partial charge in [0.2, 0.25) is 0 Å². The molecular weight excluding hydrogens is 831 g/mol. The van der Waals surface area contributed by atoms with Crippen LogP contribution in [0.5, 0.6) is 0 Å². The van der Waals surface area contributed by atoms with E-state index in [4.69, 9.17) is 0 Å². The van der Waals surface area contributed by atoms with E-state index in [0.717, 1.165) is 88.3 Å². The lowest BCUT2D eigenvalue weighted by Gasteiger charge is -2.26. The van der Waals surface area contributed by atoms with E-state index in [2.05, 4.69) is 182 Å². The van der Waals surface area contributed by atoms with Crippen LogP contribution in [0.25, 0.3) is 99.4 Å². The van der Waals surface area contributed by atoms with Crippen LogP contribution in [0.2, 0.25) is 0 Å². The molecule has 0 aliphatic heterocycles. The zero-order chi connectivity index (χ0) is 49.4. The molecule has 0 amide bonds. The Kier molecular flexibility index (Phi) is 9.85. The highest BCUT2D eigenvalue weighted by atomic mass is 15.1. The first-order valence-electron chi connectivity index (χ1n) is 25.4. The lowest BCUT2D eigenvalue weighted by molar-refractivity contribution is 1.28. The van der Waals surface area contributed by atoms with Gasteiger partial charge in [-0.25, -0.2) is 0 Å². The van der Waals surface area contributed by atoms with Crippen LogP contribution in [-0.4, -0.2) is 0 Å². The molecular formula is C68H47N. The molecule has 0 fully saturated rings. The van der Waals surface area contributed by atoms with E-state index in [1.54, 1.807) is 0 Å². The normalized spacial score (nSPS) is 12.0. The highest BCUT2D eigenvalue weighted by molar-refractivity contribution is 6.04. The number of hydrogen-bond acceptors (Lipinski definition) is 1. The molecule has 0 saturated carbocycles. The third-order valence-electron chi connectivity index (χ3n) is 13.1. The standard InChI is InChI=1S/C68H47N/c1-4-15-48(16-5-1)58-45-59(49-17-6-2-7-18-49)47-60(46-58)52-33-40-62(41-34-52)69(61-38-31-51(32-39-61)50-27-29-55(30-28-50)65-26-14-23-53-19-10-12-24-64(53)65)63-42-35-56(36-43-63)67-44-37-54-20-11-13-25-66(54)68(67)57-21-8-3-9-22-57/h1-47H/i31D,32D,38D,39D. The van der Waals surface area contributed by atoms with Crippen molar-refractivity contribution in [3.63, 3.8) is 0 Å². The van der Waals surface area contributed by atoms with Crippen molar-refractivity contribution in [3.05, 3.63) is 285 Å². The highest BCUT2D eigenvalue weighted by Gasteiger charge is 2.17. The summed E-state index contributed by atoms with van der Waals surface area (Å²) >= 11 is 0. The molecule has 0 radical (unpaired) electrons. The summed E-state index contributed by atoms with van der Waals surface area (Å²) in [5, 5.41) is 4.60. The predicted octanol–water partition coefficient (Wildman–Crippen LogP) is 19.1. The second-order valence-electron chi connectivity index (χ2n) is 17.4. The van der Waals surface area contributed by atoms with Crippen molar-refractivity contribution in [1.29, 1.82) is 0 Å². The van der Waals surface area contributed by atoms with E-state index < -0.39 is 0 Å². The lowest BCUT2D eigenvalue weighted by atomic mass is 9.90. The molecule has 12 aromatic rings. The van der Waals surface area contributed by atoms with Gasteiger partial charge in [0.25, 0.3) is 0 Å². The van der Waals surface area contributed by atoms with Crippen molar-refractivity contribution >= 4 is 38.6 Å². The molecule has 0 saturated heterocycles. The summed E-state index contributed by atoms with van der Waals surface area (Å²) in [5.41, 5.74) is 15.4. The summed E-state index contributed by atoms with van der Waals surface area (Å²) in [4.78, 5) is 1.87. The van der Waals surface area contributed by atoms with Crippen LogP contribution in [0.3, 0.4) is 0 Å². The molecule has 1 heteroatoms. The van der Waals surface area contributed by atoms with E-state index in [1.807, 2.05) is 83.8 Å². The molecule has 0 N–H and O–H groups in total. The van der Waals surface area contributed by atoms with Crippen molar-refractivity contribution in [1.82, 2.24) is 0 Å². The van der Waals surface area contributed by atoms with Gasteiger partial charge in [-0.2, -0.15) is 0 Å². The van der Waals surface area contributed by atoms with Crippen molar-refractivity contribution in [2.45, 2.75) is 0 Å². The van der Waals surface area contributed by atoms with E-state index in [1.165, 1.54) is 0 Å². The average Bonchev–Trinajstić information content (AvgIpc) is 3.46. The summed E-state index contributed by atoms with van der Waals surface area (Å²) in [6.07, 6.45) is 0. The minimum atomic E-state index is -0.133. The Balaban J connectivity index is 0.983. The summed E-state index contributed by atoms with van der Waals surface area (Å²) in [5.74, 6) is 0. The first kappa shape index (κ1) is 37.1. The van der Waals surface area contributed by atoms with Crippen molar-refractivity contribution in [2.24, 2.45) is 0 Å². The third-order valence-corrected chi connectivity index (χ3v) is 13.1. The molecule has 324 valence electrons. The molecule has 0 unspecified atom stereocenters. The number of benzene rings is 12. The summed E-state index contributed by atoms with van der Waals surface area (Å²) < 4.78 is 38.7. The van der Waals surface area contributed by atoms with Gasteiger partial charge in [-0.15, -0.1) is 0 Å².